The number of nitrogens with one attached hydrogen (secondary N) is 2. The number of sulfonamides is 2. The van der Waals surface area contributed by atoms with Crippen LogP contribution in [-0.4, -0.2) is 58.7 Å². The molecule has 0 atom stereocenters. The van der Waals surface area contributed by atoms with Gasteiger partial charge in [0.05, 0.1) is 16.8 Å². The molecule has 2 aromatic carbocycles. The summed E-state index contributed by atoms with van der Waals surface area (Å²) in [6.45, 7) is 3.66. The van der Waals surface area contributed by atoms with Crippen molar-refractivity contribution in [3.8, 4) is 11.5 Å². The molecular formula is C23H25N5O7S2. The number of ether oxygens (including phenoxy) is 2. The van der Waals surface area contributed by atoms with E-state index in [4.69, 9.17) is 9.47 Å². The summed E-state index contributed by atoms with van der Waals surface area (Å²) in [7, 11) is -7.79. The van der Waals surface area contributed by atoms with Gasteiger partial charge in [-0.05, 0) is 56.3 Å². The zero-order valence-electron chi connectivity index (χ0n) is 20.3. The normalized spacial score (nSPS) is 13.1. The average molecular weight is 548 g/mol. The van der Waals surface area contributed by atoms with Crippen LogP contribution in [0.4, 0.5) is 17.3 Å². The summed E-state index contributed by atoms with van der Waals surface area (Å²) in [6.07, 6.45) is 0.989. The lowest BCUT2D eigenvalue weighted by Crippen LogP contribution is -2.37. The van der Waals surface area contributed by atoms with Gasteiger partial charge in [-0.1, -0.05) is 0 Å². The predicted octanol–water partition coefficient (Wildman–Crippen LogP) is 2.07. The lowest BCUT2D eigenvalue weighted by molar-refractivity contribution is -0.114. The summed E-state index contributed by atoms with van der Waals surface area (Å²) in [5.74, 6) is 0.198. The van der Waals surface area contributed by atoms with Crippen LogP contribution in [0.3, 0.4) is 0 Å². The first-order valence-corrected chi connectivity index (χ1v) is 14.4. The van der Waals surface area contributed by atoms with Crippen LogP contribution >= 0.6 is 0 Å². The molecular weight excluding hydrogens is 522 g/mol. The van der Waals surface area contributed by atoms with Gasteiger partial charge in [-0.15, -0.1) is 0 Å². The second-order valence-corrected chi connectivity index (χ2v) is 11.8. The Morgan fingerprint density at radius 3 is 2.16 bits per heavy atom. The second kappa shape index (κ2) is 10.2. The molecule has 2 N–H and O–H groups in total. The number of nitrogens with zero attached hydrogens (tertiary/aromatic N) is 3. The van der Waals surface area contributed by atoms with Crippen LogP contribution in [0.25, 0.3) is 0 Å². The third kappa shape index (κ3) is 6.46. The van der Waals surface area contributed by atoms with Gasteiger partial charge in [-0.3, -0.25) is 9.10 Å². The number of rotatable bonds is 8. The van der Waals surface area contributed by atoms with E-state index in [9.17, 15) is 21.6 Å². The van der Waals surface area contributed by atoms with Crippen molar-refractivity contribution in [1.29, 1.82) is 0 Å². The number of benzene rings is 2. The van der Waals surface area contributed by atoms with Gasteiger partial charge in [0.1, 0.15) is 19.8 Å². The van der Waals surface area contributed by atoms with Gasteiger partial charge in [-0.2, -0.15) is 0 Å². The highest BCUT2D eigenvalue weighted by Crippen LogP contribution is 2.34. The maximum absolute atomic E-state index is 12.7. The van der Waals surface area contributed by atoms with Crippen LogP contribution in [0, 0.1) is 13.8 Å². The Morgan fingerprint density at radius 2 is 1.54 bits per heavy atom. The van der Waals surface area contributed by atoms with Crippen molar-refractivity contribution in [1.82, 2.24) is 9.97 Å². The molecule has 0 aliphatic carbocycles. The van der Waals surface area contributed by atoms with Crippen molar-refractivity contribution in [3.63, 3.8) is 0 Å². The maximum atomic E-state index is 12.7. The molecule has 0 saturated heterocycles. The quantitative estimate of drug-likeness (QED) is 0.431. The summed E-state index contributed by atoms with van der Waals surface area (Å²) >= 11 is 0. The second-order valence-electron chi connectivity index (χ2n) is 8.25. The molecule has 2 heterocycles. The Morgan fingerprint density at radius 1 is 0.919 bits per heavy atom. The number of hydrogen-bond donors (Lipinski definition) is 2. The minimum atomic E-state index is -3.97. The van der Waals surface area contributed by atoms with Gasteiger partial charge in [0, 0.05) is 23.1 Å². The number of carbonyl (C=O) groups excluding carboxylic acids is 1. The maximum Gasteiger partial charge on any atom is 0.264 e. The van der Waals surface area contributed by atoms with E-state index in [0.717, 1.165) is 10.6 Å². The molecule has 1 aliphatic rings. The molecule has 4 rings (SSSR count). The van der Waals surface area contributed by atoms with Gasteiger partial charge in [-0.25, -0.2) is 31.5 Å². The molecule has 0 unspecified atom stereocenters. The first-order chi connectivity index (χ1) is 17.4. The Labute approximate surface area is 214 Å². The van der Waals surface area contributed by atoms with Crippen molar-refractivity contribution < 1.29 is 31.1 Å². The van der Waals surface area contributed by atoms with Crippen LogP contribution in [-0.2, 0) is 24.8 Å². The smallest absolute Gasteiger partial charge is 0.264 e. The standard InChI is InChI=1S/C23H25N5O7S2/c1-15-12-16(2)25-23(24-15)27-37(32,33)19-7-4-17(5-8-19)26-22(29)14-28(36(3,30)31)18-6-9-20-21(13-18)35-11-10-34-20/h4-9,12-13H,10-11,14H2,1-3H3,(H,26,29)(H,24,25,27). The highest BCUT2D eigenvalue weighted by atomic mass is 32.2. The molecule has 0 fully saturated rings. The average Bonchev–Trinajstić information content (AvgIpc) is 2.81. The molecule has 0 bridgehead atoms. The van der Waals surface area contributed by atoms with Gasteiger partial charge >= 0.3 is 0 Å². The molecule has 14 heteroatoms. The van der Waals surface area contributed by atoms with Gasteiger partial charge in [0.25, 0.3) is 10.0 Å². The number of fused-ring (bicyclic) bond motifs is 1. The molecule has 1 aromatic heterocycles. The predicted molar refractivity (Wildman–Crippen MR) is 137 cm³/mol. The first kappa shape index (κ1) is 26.2. The summed E-state index contributed by atoms with van der Waals surface area (Å²) in [5.41, 5.74) is 1.75. The van der Waals surface area contributed by atoms with Gasteiger partial charge in [0.2, 0.25) is 21.9 Å². The fourth-order valence-corrected chi connectivity index (χ4v) is 5.38. The van der Waals surface area contributed by atoms with E-state index < -0.39 is 32.5 Å². The van der Waals surface area contributed by atoms with E-state index >= 15 is 0 Å². The SMILES string of the molecule is Cc1cc(C)nc(NS(=O)(=O)c2ccc(NC(=O)CN(c3ccc4c(c3)OCCO4)S(C)(=O)=O)cc2)n1. The Balaban J connectivity index is 1.46. The van der Waals surface area contributed by atoms with E-state index in [1.165, 1.54) is 36.4 Å². The molecule has 3 aromatic rings. The van der Waals surface area contributed by atoms with Crippen LogP contribution in [0.15, 0.2) is 53.4 Å². The summed E-state index contributed by atoms with van der Waals surface area (Å²) in [4.78, 5) is 20.8. The zero-order valence-corrected chi connectivity index (χ0v) is 21.9. The minimum absolute atomic E-state index is 0.0464. The number of aryl methyl sites for hydroxylation is 2. The summed E-state index contributed by atoms with van der Waals surface area (Å²) in [5, 5.41) is 2.58. The van der Waals surface area contributed by atoms with Crippen LogP contribution in [0.2, 0.25) is 0 Å². The molecule has 1 amide bonds. The van der Waals surface area contributed by atoms with E-state index in [1.54, 1.807) is 26.0 Å². The van der Waals surface area contributed by atoms with Crippen molar-refractivity contribution in [3.05, 3.63) is 59.9 Å². The third-order valence-corrected chi connectivity index (χ3v) is 7.64. The molecule has 1 aliphatic heterocycles. The fourth-order valence-electron chi connectivity index (χ4n) is 3.59. The Kier molecular flexibility index (Phi) is 7.23. The molecule has 0 spiro atoms. The highest BCUT2D eigenvalue weighted by Gasteiger charge is 2.24. The zero-order chi connectivity index (χ0) is 26.8. The van der Waals surface area contributed by atoms with E-state index in [2.05, 4.69) is 20.0 Å². The number of anilines is 3. The largest absolute Gasteiger partial charge is 0.486 e. The first-order valence-electron chi connectivity index (χ1n) is 11.0. The van der Waals surface area contributed by atoms with Crippen LogP contribution in [0.1, 0.15) is 11.4 Å². The Bertz CT molecular complexity index is 1520. The van der Waals surface area contributed by atoms with Crippen molar-refractivity contribution in [2.45, 2.75) is 18.7 Å². The monoisotopic (exact) mass is 547 g/mol. The van der Waals surface area contributed by atoms with Crippen LogP contribution in [0.5, 0.6) is 11.5 Å². The van der Waals surface area contributed by atoms with Gasteiger partial charge in [0.15, 0.2) is 11.5 Å². The van der Waals surface area contributed by atoms with E-state index in [0.29, 0.717) is 36.1 Å². The molecule has 0 radical (unpaired) electrons. The highest BCUT2D eigenvalue weighted by molar-refractivity contribution is 7.92. The third-order valence-electron chi connectivity index (χ3n) is 5.16. The number of hydrogen-bond acceptors (Lipinski definition) is 9. The molecule has 196 valence electrons. The van der Waals surface area contributed by atoms with Crippen LogP contribution < -0.4 is 23.8 Å². The number of amides is 1. The van der Waals surface area contributed by atoms with Gasteiger partial charge < -0.3 is 14.8 Å². The fraction of sp³-hybridized carbons (Fsp3) is 0.261. The summed E-state index contributed by atoms with van der Waals surface area (Å²) in [6, 6.07) is 11.7. The number of carbonyl (C=O) groups is 1. The lowest BCUT2D eigenvalue weighted by Gasteiger charge is -2.24. The number of aromatic nitrogens is 2. The lowest BCUT2D eigenvalue weighted by atomic mass is 10.2. The van der Waals surface area contributed by atoms with E-state index in [1.807, 2.05) is 0 Å². The molecule has 37 heavy (non-hydrogen) atoms. The Hall–Kier alpha value is -3.91. The van der Waals surface area contributed by atoms with Crippen molar-refractivity contribution in [2.75, 3.05) is 40.4 Å². The summed E-state index contributed by atoms with van der Waals surface area (Å²) < 4.78 is 64.5. The van der Waals surface area contributed by atoms with Crippen molar-refractivity contribution >= 4 is 43.3 Å². The molecule has 12 nitrogen and oxygen atoms in total. The minimum Gasteiger partial charge on any atom is -0.486 e. The topological polar surface area (TPSA) is 157 Å². The molecule has 0 saturated carbocycles. The van der Waals surface area contributed by atoms with E-state index in [-0.39, 0.29) is 22.2 Å². The van der Waals surface area contributed by atoms with Crippen molar-refractivity contribution in [2.24, 2.45) is 0 Å².